The summed E-state index contributed by atoms with van der Waals surface area (Å²) in [5.41, 5.74) is 4.33. The summed E-state index contributed by atoms with van der Waals surface area (Å²) in [6.45, 7) is 0. The van der Waals surface area contributed by atoms with Crippen LogP contribution in [0.25, 0.3) is 22.3 Å². The van der Waals surface area contributed by atoms with E-state index in [4.69, 9.17) is 4.74 Å². The van der Waals surface area contributed by atoms with Crippen LogP contribution in [0.4, 0.5) is 0 Å². The Hall–Kier alpha value is -3.91. The van der Waals surface area contributed by atoms with Gasteiger partial charge >= 0.3 is 0 Å². The molecular weight excluding hydrogens is 442 g/mol. The monoisotopic (exact) mass is 469 g/mol. The third-order valence-corrected chi connectivity index (χ3v) is 6.40. The number of methoxy groups -OCH3 is 1. The molecule has 0 bridgehead atoms. The predicted octanol–water partition coefficient (Wildman–Crippen LogP) is 3.72. The molecule has 3 heterocycles. The summed E-state index contributed by atoms with van der Waals surface area (Å²) in [5, 5.41) is 14.2. The molecule has 0 unspecified atom stereocenters. The molecule has 1 fully saturated rings. The number of fused-ring (bicyclic) bond motifs is 1. The number of nitrogens with one attached hydrogen (secondary N) is 1. The average molecular weight is 470 g/mol. The van der Waals surface area contributed by atoms with E-state index in [1.54, 1.807) is 25.7 Å². The predicted molar refractivity (Wildman–Crippen MR) is 132 cm³/mol. The summed E-state index contributed by atoms with van der Waals surface area (Å²) in [4.78, 5) is 30.7. The van der Waals surface area contributed by atoms with Crippen molar-refractivity contribution in [1.29, 1.82) is 0 Å². The largest absolute Gasteiger partial charge is 0.479 e. The van der Waals surface area contributed by atoms with E-state index in [0.717, 1.165) is 41.3 Å². The van der Waals surface area contributed by atoms with E-state index in [1.165, 1.54) is 0 Å². The van der Waals surface area contributed by atoms with E-state index in [-0.39, 0.29) is 11.9 Å². The molecule has 1 amide bonds. The SMILES string of the molecule is COc1nccnc1-c1ccc(Cc2cc(C(=O)N[C@H]3CCCC[C@@H]3O)nc3ccccc23)cn1. The lowest BCUT2D eigenvalue weighted by atomic mass is 9.92. The zero-order valence-corrected chi connectivity index (χ0v) is 19.5. The number of amides is 1. The zero-order valence-electron chi connectivity index (χ0n) is 19.5. The molecule has 8 nitrogen and oxygen atoms in total. The molecule has 35 heavy (non-hydrogen) atoms. The van der Waals surface area contributed by atoms with Crippen LogP contribution in [0, 0.1) is 0 Å². The Morgan fingerprint density at radius 1 is 1.09 bits per heavy atom. The van der Waals surface area contributed by atoms with Crippen LogP contribution in [0.1, 0.15) is 47.3 Å². The van der Waals surface area contributed by atoms with Crippen molar-refractivity contribution in [3.63, 3.8) is 0 Å². The number of aromatic nitrogens is 4. The fourth-order valence-electron chi connectivity index (χ4n) is 4.57. The molecule has 8 heteroatoms. The van der Waals surface area contributed by atoms with Crippen LogP contribution in [0.3, 0.4) is 0 Å². The number of hydrogen-bond acceptors (Lipinski definition) is 7. The van der Waals surface area contributed by atoms with Gasteiger partial charge in [-0.05, 0) is 48.6 Å². The minimum Gasteiger partial charge on any atom is -0.479 e. The highest BCUT2D eigenvalue weighted by Gasteiger charge is 2.25. The first-order chi connectivity index (χ1) is 17.1. The molecule has 0 saturated heterocycles. The normalized spacial score (nSPS) is 17.8. The molecule has 2 N–H and O–H groups in total. The fraction of sp³-hybridized carbons (Fsp3) is 0.296. The van der Waals surface area contributed by atoms with Gasteiger partial charge in [0.05, 0.1) is 30.5 Å². The number of ether oxygens (including phenoxy) is 1. The van der Waals surface area contributed by atoms with E-state index < -0.39 is 6.10 Å². The molecule has 4 aromatic rings. The number of carbonyl (C=O) groups excluding carboxylic acids is 1. The molecule has 178 valence electrons. The molecule has 1 saturated carbocycles. The van der Waals surface area contributed by atoms with E-state index in [9.17, 15) is 9.90 Å². The number of carbonyl (C=O) groups is 1. The summed E-state index contributed by atoms with van der Waals surface area (Å²) in [6.07, 6.45) is 8.54. The van der Waals surface area contributed by atoms with Crippen LogP contribution >= 0.6 is 0 Å². The quantitative estimate of drug-likeness (QED) is 0.443. The van der Waals surface area contributed by atoms with Gasteiger partial charge in [0.2, 0.25) is 5.88 Å². The minimum atomic E-state index is -0.509. The van der Waals surface area contributed by atoms with Crippen LogP contribution in [0.15, 0.2) is 61.1 Å². The summed E-state index contributed by atoms with van der Waals surface area (Å²) in [6, 6.07) is 13.3. The van der Waals surface area contributed by atoms with Gasteiger partial charge in [0.15, 0.2) is 5.69 Å². The standard InChI is InChI=1S/C27H27N5O3/c1-35-27-25(28-12-13-29-27)22-11-10-17(16-30-22)14-18-15-23(31-20-7-3-2-6-19(18)20)26(34)32-21-8-4-5-9-24(21)33/h2-3,6-7,10-13,15-16,21,24,33H,4-5,8-9,14H2,1H3,(H,32,34)/t21-,24-/m0/s1. The van der Waals surface area contributed by atoms with Crippen molar-refractivity contribution >= 4 is 16.8 Å². The van der Waals surface area contributed by atoms with Gasteiger partial charge in [0.25, 0.3) is 5.91 Å². The maximum Gasteiger partial charge on any atom is 0.270 e. The van der Waals surface area contributed by atoms with Gasteiger partial charge in [-0.3, -0.25) is 9.78 Å². The first kappa shape index (κ1) is 22.9. The second-order valence-electron chi connectivity index (χ2n) is 8.76. The summed E-state index contributed by atoms with van der Waals surface area (Å²) < 4.78 is 5.30. The maximum absolute atomic E-state index is 13.0. The van der Waals surface area contributed by atoms with E-state index in [2.05, 4.69) is 25.3 Å². The van der Waals surface area contributed by atoms with Gasteiger partial charge in [0, 0.05) is 24.0 Å². The molecule has 3 aromatic heterocycles. The number of aliphatic hydroxyl groups is 1. The minimum absolute atomic E-state index is 0.234. The van der Waals surface area contributed by atoms with Gasteiger partial charge in [-0.15, -0.1) is 0 Å². The molecule has 5 rings (SSSR count). The van der Waals surface area contributed by atoms with E-state index in [0.29, 0.717) is 35.8 Å². The second-order valence-corrected chi connectivity index (χ2v) is 8.76. The second kappa shape index (κ2) is 10.1. The molecule has 2 atom stereocenters. The fourth-order valence-corrected chi connectivity index (χ4v) is 4.57. The molecule has 1 aliphatic carbocycles. The third kappa shape index (κ3) is 4.97. The molecule has 0 aliphatic heterocycles. The van der Waals surface area contributed by atoms with Crippen molar-refractivity contribution in [2.75, 3.05) is 7.11 Å². The smallest absolute Gasteiger partial charge is 0.270 e. The van der Waals surface area contributed by atoms with Gasteiger partial charge < -0.3 is 15.2 Å². The first-order valence-electron chi connectivity index (χ1n) is 11.8. The Balaban J connectivity index is 1.42. The highest BCUT2D eigenvalue weighted by molar-refractivity contribution is 5.96. The number of pyridine rings is 2. The number of aliphatic hydroxyl groups excluding tert-OH is 1. The van der Waals surface area contributed by atoms with Crippen LogP contribution in [-0.2, 0) is 6.42 Å². The maximum atomic E-state index is 13.0. The van der Waals surface area contributed by atoms with Crippen LogP contribution in [0.2, 0.25) is 0 Å². The van der Waals surface area contributed by atoms with Crippen molar-refractivity contribution in [1.82, 2.24) is 25.3 Å². The summed E-state index contributed by atoms with van der Waals surface area (Å²) in [5.74, 6) is 0.165. The Bertz CT molecular complexity index is 1340. The van der Waals surface area contributed by atoms with E-state index in [1.807, 2.05) is 42.5 Å². The van der Waals surface area contributed by atoms with Gasteiger partial charge in [0.1, 0.15) is 5.69 Å². The Kier molecular flexibility index (Phi) is 6.63. The van der Waals surface area contributed by atoms with Crippen molar-refractivity contribution < 1.29 is 14.6 Å². The topological polar surface area (TPSA) is 110 Å². The number of benzene rings is 1. The van der Waals surface area contributed by atoms with E-state index >= 15 is 0 Å². The Morgan fingerprint density at radius 3 is 2.71 bits per heavy atom. The first-order valence-corrected chi connectivity index (χ1v) is 11.8. The lowest BCUT2D eigenvalue weighted by molar-refractivity contribution is 0.0714. The van der Waals surface area contributed by atoms with Crippen molar-refractivity contribution in [3.05, 3.63) is 77.9 Å². The van der Waals surface area contributed by atoms with Crippen molar-refractivity contribution in [3.8, 4) is 17.3 Å². The summed E-state index contributed by atoms with van der Waals surface area (Å²) in [7, 11) is 1.55. The molecule has 0 spiro atoms. The number of rotatable bonds is 6. The zero-order chi connectivity index (χ0) is 24.2. The third-order valence-electron chi connectivity index (χ3n) is 6.40. The Labute approximate surface area is 203 Å². The van der Waals surface area contributed by atoms with Gasteiger partial charge in [-0.2, -0.15) is 0 Å². The highest BCUT2D eigenvalue weighted by atomic mass is 16.5. The molecule has 1 aliphatic rings. The van der Waals surface area contributed by atoms with Crippen molar-refractivity contribution in [2.24, 2.45) is 0 Å². The molecular formula is C27H27N5O3. The molecule has 0 radical (unpaired) electrons. The van der Waals surface area contributed by atoms with Crippen LogP contribution in [-0.4, -0.2) is 50.2 Å². The highest BCUT2D eigenvalue weighted by Crippen LogP contribution is 2.26. The lowest BCUT2D eigenvalue weighted by Crippen LogP contribution is -2.45. The van der Waals surface area contributed by atoms with Crippen LogP contribution < -0.4 is 10.1 Å². The van der Waals surface area contributed by atoms with Crippen LogP contribution in [0.5, 0.6) is 5.88 Å². The average Bonchev–Trinajstić information content (AvgIpc) is 2.90. The van der Waals surface area contributed by atoms with Gasteiger partial charge in [-0.25, -0.2) is 15.0 Å². The number of nitrogens with zero attached hydrogens (tertiary/aromatic N) is 4. The Morgan fingerprint density at radius 2 is 1.91 bits per heavy atom. The number of para-hydroxylation sites is 1. The lowest BCUT2D eigenvalue weighted by Gasteiger charge is -2.28. The molecule has 1 aromatic carbocycles. The number of hydrogen-bond donors (Lipinski definition) is 2. The summed E-state index contributed by atoms with van der Waals surface area (Å²) >= 11 is 0. The van der Waals surface area contributed by atoms with Gasteiger partial charge in [-0.1, -0.05) is 37.1 Å². The van der Waals surface area contributed by atoms with Crippen molar-refractivity contribution in [2.45, 2.75) is 44.2 Å².